The summed E-state index contributed by atoms with van der Waals surface area (Å²) in [6.45, 7) is 1.68. The van der Waals surface area contributed by atoms with Crippen LogP contribution >= 0.6 is 11.6 Å². The summed E-state index contributed by atoms with van der Waals surface area (Å²) in [5, 5.41) is 23.0. The van der Waals surface area contributed by atoms with Gasteiger partial charge in [-0.3, -0.25) is 15.1 Å². The van der Waals surface area contributed by atoms with Gasteiger partial charge in [0.1, 0.15) is 11.3 Å². The number of hydrogen-bond donors (Lipinski definition) is 3. The molecule has 11 nitrogen and oxygen atoms in total. The molecule has 1 atom stereocenters. The van der Waals surface area contributed by atoms with E-state index in [9.17, 15) is 14.7 Å². The lowest BCUT2D eigenvalue weighted by Gasteiger charge is -2.29. The highest BCUT2D eigenvalue weighted by Crippen LogP contribution is 2.29. The third kappa shape index (κ3) is 5.10. The van der Waals surface area contributed by atoms with Gasteiger partial charge in [-0.25, -0.2) is 14.5 Å². The van der Waals surface area contributed by atoms with Crippen molar-refractivity contribution in [3.63, 3.8) is 0 Å². The number of aryl methyl sites for hydroxylation is 1. The zero-order chi connectivity index (χ0) is 23.5. The molecule has 2 amide bonds. The number of nitrogens with zero attached hydrogens (tertiary/aromatic N) is 5. The van der Waals surface area contributed by atoms with E-state index < -0.39 is 18.3 Å². The molecule has 3 heterocycles. The first-order valence-electron chi connectivity index (χ1n) is 10.2. The predicted molar refractivity (Wildman–Crippen MR) is 119 cm³/mol. The Bertz CT molecular complexity index is 1160. The second-order valence-electron chi connectivity index (χ2n) is 7.71. The maximum absolute atomic E-state index is 12.5. The van der Waals surface area contributed by atoms with Crippen LogP contribution < -0.4 is 10.6 Å². The third-order valence-electron chi connectivity index (χ3n) is 5.31. The smallest absolute Gasteiger partial charge is 0.413 e. The van der Waals surface area contributed by atoms with Crippen LogP contribution in [0, 0.1) is 5.92 Å². The summed E-state index contributed by atoms with van der Waals surface area (Å²) in [6, 6.07) is 6.76. The highest BCUT2D eigenvalue weighted by Gasteiger charge is 2.33. The molecule has 1 aliphatic carbocycles. The van der Waals surface area contributed by atoms with Crippen molar-refractivity contribution in [3.05, 3.63) is 47.4 Å². The van der Waals surface area contributed by atoms with Crippen LogP contribution in [-0.2, 0) is 16.6 Å². The molecule has 4 rings (SSSR count). The third-order valence-corrected chi connectivity index (χ3v) is 5.63. The zero-order valence-corrected chi connectivity index (χ0v) is 18.7. The van der Waals surface area contributed by atoms with E-state index in [4.69, 9.17) is 16.3 Å². The van der Waals surface area contributed by atoms with Gasteiger partial charge in [0.2, 0.25) is 5.91 Å². The molecule has 12 heteroatoms. The van der Waals surface area contributed by atoms with Gasteiger partial charge in [0.25, 0.3) is 0 Å². The van der Waals surface area contributed by atoms with E-state index in [2.05, 4.69) is 30.9 Å². The van der Waals surface area contributed by atoms with E-state index in [1.54, 1.807) is 44.4 Å². The minimum absolute atomic E-state index is 0.151. The molecule has 3 N–H and O–H groups in total. The first-order valence-corrected chi connectivity index (χ1v) is 10.6. The van der Waals surface area contributed by atoms with Gasteiger partial charge in [-0.1, -0.05) is 22.9 Å². The fraction of sp³-hybridized carbons (Fsp3) is 0.333. The number of ether oxygens (including phenoxy) is 1. The van der Waals surface area contributed by atoms with Crippen molar-refractivity contribution in [2.75, 3.05) is 10.6 Å². The van der Waals surface area contributed by atoms with E-state index in [0.29, 0.717) is 35.5 Å². The van der Waals surface area contributed by atoms with Gasteiger partial charge < -0.3 is 15.2 Å². The first kappa shape index (κ1) is 22.6. The van der Waals surface area contributed by atoms with E-state index in [0.717, 1.165) is 0 Å². The molecular formula is C21H22ClN7O4. The van der Waals surface area contributed by atoms with Crippen molar-refractivity contribution >= 4 is 35.1 Å². The summed E-state index contributed by atoms with van der Waals surface area (Å²) in [4.78, 5) is 32.9. The van der Waals surface area contributed by atoms with Crippen LogP contribution in [0.4, 0.5) is 16.3 Å². The van der Waals surface area contributed by atoms with E-state index in [1.807, 2.05) is 0 Å². The van der Waals surface area contributed by atoms with Gasteiger partial charge in [0, 0.05) is 24.7 Å². The van der Waals surface area contributed by atoms with E-state index in [1.165, 1.54) is 10.9 Å². The lowest BCUT2D eigenvalue weighted by Crippen LogP contribution is -2.37. The van der Waals surface area contributed by atoms with Crippen molar-refractivity contribution in [1.29, 1.82) is 0 Å². The molecule has 1 unspecified atom stereocenters. The summed E-state index contributed by atoms with van der Waals surface area (Å²) >= 11 is 6.06. The highest BCUT2D eigenvalue weighted by atomic mass is 35.5. The minimum atomic E-state index is -0.722. The van der Waals surface area contributed by atoms with Gasteiger partial charge >= 0.3 is 6.09 Å². The Kier molecular flexibility index (Phi) is 6.52. The Hall–Kier alpha value is -3.57. The van der Waals surface area contributed by atoms with Crippen LogP contribution in [0.15, 0.2) is 36.7 Å². The summed E-state index contributed by atoms with van der Waals surface area (Å²) in [7, 11) is 1.62. The maximum Gasteiger partial charge on any atom is 0.413 e. The normalized spacial score (nSPS) is 18.2. The number of amides is 2. The largest absolute Gasteiger partial charge is 0.441 e. The zero-order valence-electron chi connectivity index (χ0n) is 17.9. The fourth-order valence-corrected chi connectivity index (χ4v) is 3.65. The SMILES string of the molecule is CC(OC(=O)Nc1c(-c2ccc(NC(=O)C3CC(O)C3)cn2)nnn1C)c1cccnc1Cl. The van der Waals surface area contributed by atoms with Crippen LogP contribution in [0.2, 0.25) is 5.15 Å². The molecular weight excluding hydrogens is 450 g/mol. The number of anilines is 2. The number of nitrogens with one attached hydrogen (secondary N) is 2. The Morgan fingerprint density at radius 1 is 1.24 bits per heavy atom. The number of aliphatic hydroxyl groups is 1. The molecule has 3 aromatic heterocycles. The second kappa shape index (κ2) is 9.51. The molecule has 0 saturated heterocycles. The number of aromatic nitrogens is 5. The molecule has 3 aromatic rings. The summed E-state index contributed by atoms with van der Waals surface area (Å²) in [5.74, 6) is -0.0510. The van der Waals surface area contributed by atoms with Gasteiger partial charge in [-0.2, -0.15) is 0 Å². The van der Waals surface area contributed by atoms with Crippen LogP contribution in [0.25, 0.3) is 11.4 Å². The quantitative estimate of drug-likeness (QED) is 0.465. The molecule has 0 aliphatic heterocycles. The number of carbonyl (C=O) groups is 2. The number of pyridine rings is 2. The van der Waals surface area contributed by atoms with Crippen molar-refractivity contribution in [2.24, 2.45) is 13.0 Å². The van der Waals surface area contributed by atoms with Gasteiger partial charge in [-0.05, 0) is 38.0 Å². The number of aliphatic hydroxyl groups excluding tert-OH is 1. The standard InChI is InChI=1S/C21H22ClN7O4/c1-11(15-4-3-7-23-18(15)22)33-21(32)26-19-17(27-28-29(19)2)16-6-5-13(10-24-16)25-20(31)12-8-14(30)9-12/h3-7,10-12,14,30H,8-9H2,1-2H3,(H,25,31)(H,26,32). The molecule has 0 aromatic carbocycles. The highest BCUT2D eigenvalue weighted by molar-refractivity contribution is 6.30. The van der Waals surface area contributed by atoms with Crippen molar-refractivity contribution in [2.45, 2.75) is 32.0 Å². The van der Waals surface area contributed by atoms with Crippen LogP contribution in [0.3, 0.4) is 0 Å². The van der Waals surface area contributed by atoms with Crippen LogP contribution in [-0.4, -0.2) is 48.2 Å². The van der Waals surface area contributed by atoms with Gasteiger partial charge in [0.15, 0.2) is 11.5 Å². The Morgan fingerprint density at radius 3 is 2.70 bits per heavy atom. The molecule has 1 fully saturated rings. The second-order valence-corrected chi connectivity index (χ2v) is 8.07. The molecule has 0 spiro atoms. The number of hydrogen-bond acceptors (Lipinski definition) is 8. The van der Waals surface area contributed by atoms with E-state index in [-0.39, 0.29) is 22.8 Å². The van der Waals surface area contributed by atoms with Crippen LogP contribution in [0.1, 0.15) is 31.4 Å². The van der Waals surface area contributed by atoms with Gasteiger partial charge in [0.05, 0.1) is 23.7 Å². The summed E-state index contributed by atoms with van der Waals surface area (Å²) < 4.78 is 6.80. The number of carbonyl (C=O) groups excluding carboxylic acids is 2. The molecule has 1 aliphatic rings. The molecule has 1 saturated carbocycles. The molecule has 172 valence electrons. The lowest BCUT2D eigenvalue weighted by atomic mass is 9.82. The minimum Gasteiger partial charge on any atom is -0.441 e. The Morgan fingerprint density at radius 2 is 2.03 bits per heavy atom. The monoisotopic (exact) mass is 471 g/mol. The predicted octanol–water partition coefficient (Wildman–Crippen LogP) is 2.94. The molecule has 0 radical (unpaired) electrons. The van der Waals surface area contributed by atoms with E-state index >= 15 is 0 Å². The summed E-state index contributed by atoms with van der Waals surface area (Å²) in [5.41, 5.74) is 1.87. The van der Waals surface area contributed by atoms with Gasteiger partial charge in [-0.15, -0.1) is 5.10 Å². The topological polar surface area (TPSA) is 144 Å². The van der Waals surface area contributed by atoms with Crippen molar-refractivity contribution in [3.8, 4) is 11.4 Å². The summed E-state index contributed by atoms with van der Waals surface area (Å²) in [6.07, 6.45) is 2.22. The Labute approximate surface area is 194 Å². The number of halogens is 1. The lowest BCUT2D eigenvalue weighted by molar-refractivity contribution is -0.126. The first-order chi connectivity index (χ1) is 15.8. The van der Waals surface area contributed by atoms with Crippen LogP contribution in [0.5, 0.6) is 0 Å². The van der Waals surface area contributed by atoms with Crippen molar-refractivity contribution in [1.82, 2.24) is 25.0 Å². The average Bonchev–Trinajstić information content (AvgIpc) is 3.12. The molecule has 0 bridgehead atoms. The average molecular weight is 472 g/mol. The fourth-order valence-electron chi connectivity index (χ4n) is 3.38. The van der Waals surface area contributed by atoms with Crippen molar-refractivity contribution < 1.29 is 19.4 Å². The Balaban J connectivity index is 1.42. The number of rotatable bonds is 6. The molecule has 33 heavy (non-hydrogen) atoms. The maximum atomic E-state index is 12.5.